The van der Waals surface area contributed by atoms with Gasteiger partial charge in [-0.05, 0) is 48.4 Å². The van der Waals surface area contributed by atoms with Crippen molar-refractivity contribution in [2.75, 3.05) is 0 Å². The molecule has 4 unspecified atom stereocenters. The van der Waals surface area contributed by atoms with Crippen LogP contribution in [0.2, 0.25) is 0 Å². The van der Waals surface area contributed by atoms with Crippen LogP contribution in [-0.4, -0.2) is 68.8 Å². The lowest BCUT2D eigenvalue weighted by Crippen LogP contribution is -2.58. The van der Waals surface area contributed by atoms with Crippen molar-refractivity contribution < 1.29 is 29.1 Å². The maximum absolute atomic E-state index is 13.7. The zero-order valence-electron chi connectivity index (χ0n) is 25.8. The van der Waals surface area contributed by atoms with Gasteiger partial charge in [-0.3, -0.25) is 19.2 Å². The highest BCUT2D eigenvalue weighted by Gasteiger charge is 2.31. The number of nitrogens with one attached hydrogen (secondary N) is 5. The van der Waals surface area contributed by atoms with Gasteiger partial charge in [0.05, 0.1) is 6.04 Å². The van der Waals surface area contributed by atoms with E-state index in [1.165, 1.54) is 0 Å². The third kappa shape index (κ3) is 8.72. The number of carboxylic acids is 1. The number of H-pyrrole nitrogens is 2. The van der Waals surface area contributed by atoms with E-state index in [1.54, 1.807) is 12.4 Å². The molecule has 46 heavy (non-hydrogen) atoms. The van der Waals surface area contributed by atoms with Crippen LogP contribution in [-0.2, 0) is 36.8 Å². The van der Waals surface area contributed by atoms with Crippen molar-refractivity contribution in [1.29, 1.82) is 0 Å². The maximum atomic E-state index is 13.7. The number of nitrogens with two attached hydrogens (primary N) is 2. The van der Waals surface area contributed by atoms with Gasteiger partial charge in [0.15, 0.2) is 0 Å². The van der Waals surface area contributed by atoms with E-state index >= 15 is 0 Å². The number of carbonyl (C=O) groups excluding carboxylic acids is 4. The Morgan fingerprint density at radius 2 is 1.24 bits per heavy atom. The van der Waals surface area contributed by atoms with Crippen molar-refractivity contribution in [3.8, 4) is 0 Å². The van der Waals surface area contributed by atoms with Crippen LogP contribution in [0.4, 0.5) is 0 Å². The maximum Gasteiger partial charge on any atom is 0.326 e. The first-order valence-corrected chi connectivity index (χ1v) is 15.2. The zero-order valence-corrected chi connectivity index (χ0v) is 25.8. The lowest BCUT2D eigenvalue weighted by atomic mass is 9.99. The second kappa shape index (κ2) is 15.2. The molecule has 0 aliphatic carbocycles. The third-order valence-corrected chi connectivity index (χ3v) is 7.82. The number of carboxylic acid groups (broad SMARTS) is 1. The van der Waals surface area contributed by atoms with Gasteiger partial charge in [0.25, 0.3) is 0 Å². The molecule has 4 rings (SSSR count). The molecule has 0 saturated carbocycles. The number of primary amides is 1. The monoisotopic (exact) mass is 631 g/mol. The minimum Gasteiger partial charge on any atom is -0.480 e. The highest BCUT2D eigenvalue weighted by atomic mass is 16.4. The third-order valence-electron chi connectivity index (χ3n) is 7.82. The van der Waals surface area contributed by atoms with Gasteiger partial charge in [-0.25, -0.2) is 4.79 Å². The standard InChI is InChI=1S/C33H41N7O6/c1-18(2)13-27(39-30(42)23(34)14-19-16-36-24-9-5-3-7-21(19)24)31(43)40-28(15-20-17-37-25-10-6-4-8-22(20)25)32(44)38-26(33(45)46)11-12-29(35)41/h3-10,16-18,23,26-28,36-37H,11-15,34H2,1-2H3,(H2,35,41)(H,38,44)(H,39,42)(H,40,43)(H,45,46). The smallest absolute Gasteiger partial charge is 0.326 e. The number of fused-ring (bicyclic) bond motifs is 2. The quantitative estimate of drug-likeness (QED) is 0.0911. The summed E-state index contributed by atoms with van der Waals surface area (Å²) in [6.07, 6.45) is 3.57. The van der Waals surface area contributed by atoms with Crippen LogP contribution in [0.1, 0.15) is 44.2 Å². The summed E-state index contributed by atoms with van der Waals surface area (Å²) < 4.78 is 0. The van der Waals surface area contributed by atoms with Crippen LogP contribution in [0.5, 0.6) is 0 Å². The molecule has 244 valence electrons. The fraction of sp³-hybridized carbons (Fsp3) is 0.364. The predicted octanol–water partition coefficient (Wildman–Crippen LogP) is 1.61. The molecule has 4 amide bonds. The van der Waals surface area contributed by atoms with Crippen LogP contribution >= 0.6 is 0 Å². The minimum absolute atomic E-state index is 0.00743. The SMILES string of the molecule is CC(C)CC(NC(=O)C(N)Cc1c[nH]c2ccccc12)C(=O)NC(Cc1c[nH]c2ccccc12)C(=O)NC(CCC(N)=O)C(=O)O. The van der Waals surface area contributed by atoms with E-state index in [4.69, 9.17) is 11.5 Å². The van der Waals surface area contributed by atoms with Gasteiger partial charge in [-0.15, -0.1) is 0 Å². The summed E-state index contributed by atoms with van der Waals surface area (Å²) in [5.74, 6) is -3.97. The summed E-state index contributed by atoms with van der Waals surface area (Å²) in [6.45, 7) is 3.79. The van der Waals surface area contributed by atoms with Gasteiger partial charge < -0.3 is 42.5 Å². The molecule has 10 N–H and O–H groups in total. The van der Waals surface area contributed by atoms with E-state index in [2.05, 4.69) is 25.9 Å². The fourth-order valence-electron chi connectivity index (χ4n) is 5.43. The topological polar surface area (TPSA) is 225 Å². The van der Waals surface area contributed by atoms with Gasteiger partial charge in [0, 0.05) is 47.0 Å². The van der Waals surface area contributed by atoms with Crippen LogP contribution < -0.4 is 27.4 Å². The molecule has 0 aliphatic rings. The Balaban J connectivity index is 1.53. The molecule has 4 aromatic rings. The molecule has 13 nitrogen and oxygen atoms in total. The van der Waals surface area contributed by atoms with Gasteiger partial charge >= 0.3 is 5.97 Å². The molecular weight excluding hydrogens is 590 g/mol. The van der Waals surface area contributed by atoms with E-state index in [9.17, 15) is 29.1 Å². The van der Waals surface area contributed by atoms with Crippen molar-refractivity contribution in [2.45, 2.75) is 70.1 Å². The molecule has 0 bridgehead atoms. The summed E-state index contributed by atoms with van der Waals surface area (Å²) in [5, 5.41) is 19.4. The van der Waals surface area contributed by atoms with E-state index in [0.29, 0.717) is 5.56 Å². The van der Waals surface area contributed by atoms with E-state index in [0.717, 1.165) is 27.4 Å². The molecule has 2 aromatic carbocycles. The Hall–Kier alpha value is -5.17. The van der Waals surface area contributed by atoms with E-state index in [1.807, 2.05) is 62.4 Å². The van der Waals surface area contributed by atoms with E-state index < -0.39 is 53.8 Å². The van der Waals surface area contributed by atoms with Crippen LogP contribution in [0.3, 0.4) is 0 Å². The van der Waals surface area contributed by atoms with Crippen LogP contribution in [0, 0.1) is 5.92 Å². The summed E-state index contributed by atoms with van der Waals surface area (Å²) in [4.78, 5) is 70.0. The number of aromatic amines is 2. The predicted molar refractivity (Wildman–Crippen MR) is 173 cm³/mol. The second-order valence-corrected chi connectivity index (χ2v) is 11.9. The number of para-hydroxylation sites is 2. The average Bonchev–Trinajstić information content (AvgIpc) is 3.61. The summed E-state index contributed by atoms with van der Waals surface area (Å²) in [6, 6.07) is 10.5. The molecule has 2 heterocycles. The van der Waals surface area contributed by atoms with Gasteiger partial charge in [0.2, 0.25) is 23.6 Å². The Bertz CT molecular complexity index is 1710. The summed E-state index contributed by atoms with van der Waals surface area (Å²) in [7, 11) is 0. The number of aliphatic carboxylic acids is 1. The zero-order chi connectivity index (χ0) is 33.4. The molecule has 0 aliphatic heterocycles. The lowest BCUT2D eigenvalue weighted by Gasteiger charge is -2.26. The van der Waals surface area contributed by atoms with Crippen molar-refractivity contribution in [3.63, 3.8) is 0 Å². The van der Waals surface area contributed by atoms with Crippen molar-refractivity contribution in [1.82, 2.24) is 25.9 Å². The number of hydrogen-bond donors (Lipinski definition) is 8. The first kappa shape index (κ1) is 33.7. The number of carbonyl (C=O) groups is 5. The number of benzene rings is 2. The molecule has 0 radical (unpaired) electrons. The first-order chi connectivity index (χ1) is 21.9. The number of rotatable bonds is 16. The Kier molecular flexibility index (Phi) is 11.2. The average molecular weight is 632 g/mol. The van der Waals surface area contributed by atoms with Gasteiger partial charge in [-0.2, -0.15) is 0 Å². The molecule has 4 atom stereocenters. The van der Waals surface area contributed by atoms with Crippen molar-refractivity contribution >= 4 is 51.4 Å². The van der Waals surface area contributed by atoms with Gasteiger partial charge in [0.1, 0.15) is 18.1 Å². The normalized spacial score (nSPS) is 14.0. The largest absolute Gasteiger partial charge is 0.480 e. The molecule has 2 aromatic heterocycles. The molecular formula is C33H41N7O6. The highest BCUT2D eigenvalue weighted by Crippen LogP contribution is 2.21. The van der Waals surface area contributed by atoms with Gasteiger partial charge in [-0.1, -0.05) is 50.2 Å². The van der Waals surface area contributed by atoms with E-state index in [-0.39, 0.29) is 38.0 Å². The van der Waals surface area contributed by atoms with Crippen molar-refractivity contribution in [2.24, 2.45) is 17.4 Å². The Labute approximate surface area is 265 Å². The van der Waals surface area contributed by atoms with Crippen LogP contribution in [0.15, 0.2) is 60.9 Å². The highest BCUT2D eigenvalue weighted by molar-refractivity contribution is 5.95. The molecule has 0 fully saturated rings. The first-order valence-electron chi connectivity index (χ1n) is 15.2. The number of aromatic nitrogens is 2. The Morgan fingerprint density at radius 1 is 0.739 bits per heavy atom. The van der Waals surface area contributed by atoms with Crippen molar-refractivity contribution in [3.05, 3.63) is 72.1 Å². The molecule has 13 heteroatoms. The lowest BCUT2D eigenvalue weighted by molar-refractivity contribution is -0.142. The number of amides is 4. The van der Waals surface area contributed by atoms with Crippen LogP contribution in [0.25, 0.3) is 21.8 Å². The second-order valence-electron chi connectivity index (χ2n) is 11.9. The molecule has 0 saturated heterocycles. The minimum atomic E-state index is -1.41. The number of hydrogen-bond acceptors (Lipinski definition) is 6. The Morgan fingerprint density at radius 3 is 1.78 bits per heavy atom. The molecule has 0 spiro atoms. The summed E-state index contributed by atoms with van der Waals surface area (Å²) in [5.41, 5.74) is 14.8. The summed E-state index contributed by atoms with van der Waals surface area (Å²) >= 11 is 0. The fourth-order valence-corrected chi connectivity index (χ4v) is 5.43.